The summed E-state index contributed by atoms with van der Waals surface area (Å²) < 4.78 is 26.0. The molecule has 7 heteroatoms. The summed E-state index contributed by atoms with van der Waals surface area (Å²) >= 11 is 0. The molecule has 0 atom stereocenters. The molecule has 2 N–H and O–H groups in total. The number of benzene rings is 2. The maximum Gasteiger partial charge on any atom is 0.251 e. The van der Waals surface area contributed by atoms with E-state index in [4.69, 9.17) is 0 Å². The van der Waals surface area contributed by atoms with Gasteiger partial charge < -0.3 is 10.3 Å². The minimum absolute atomic E-state index is 0.161. The zero-order valence-electron chi connectivity index (χ0n) is 15.5. The average Bonchev–Trinajstić information content (AvgIpc) is 3.11. The quantitative estimate of drug-likeness (QED) is 0.694. The molecule has 1 fully saturated rings. The summed E-state index contributed by atoms with van der Waals surface area (Å²) in [4.78, 5) is 15.8. The van der Waals surface area contributed by atoms with Gasteiger partial charge in [-0.25, -0.2) is 8.42 Å². The number of aromatic amines is 1. The van der Waals surface area contributed by atoms with Gasteiger partial charge in [0.15, 0.2) is 0 Å². The standard InChI is InChI=1S/C21H23N3O3S/c25-21(22-11-10-17-15-23-20-9-2-1-8-19(17)20)16-6-5-7-18(14-16)24-12-3-4-13-28(24,26)27/h1-2,5-9,14-15,23H,3-4,10-13H2,(H,22,25). The smallest absolute Gasteiger partial charge is 0.251 e. The van der Waals surface area contributed by atoms with E-state index < -0.39 is 10.0 Å². The minimum Gasteiger partial charge on any atom is -0.361 e. The van der Waals surface area contributed by atoms with Crippen molar-refractivity contribution in [2.24, 2.45) is 0 Å². The first-order valence-electron chi connectivity index (χ1n) is 9.48. The number of anilines is 1. The van der Waals surface area contributed by atoms with Crippen LogP contribution in [0.3, 0.4) is 0 Å². The summed E-state index contributed by atoms with van der Waals surface area (Å²) in [5.41, 5.74) is 3.27. The van der Waals surface area contributed by atoms with Crippen molar-refractivity contribution in [2.45, 2.75) is 19.3 Å². The summed E-state index contributed by atoms with van der Waals surface area (Å²) in [6.07, 6.45) is 4.21. The summed E-state index contributed by atoms with van der Waals surface area (Å²) in [6, 6.07) is 14.9. The van der Waals surface area contributed by atoms with Crippen molar-refractivity contribution in [3.05, 3.63) is 65.9 Å². The lowest BCUT2D eigenvalue weighted by molar-refractivity contribution is 0.0954. The van der Waals surface area contributed by atoms with E-state index in [9.17, 15) is 13.2 Å². The molecule has 146 valence electrons. The lowest BCUT2D eigenvalue weighted by atomic mass is 10.1. The largest absolute Gasteiger partial charge is 0.361 e. The fourth-order valence-corrected chi connectivity index (χ4v) is 5.26. The number of nitrogens with one attached hydrogen (secondary N) is 2. The highest BCUT2D eigenvalue weighted by atomic mass is 32.2. The van der Waals surface area contributed by atoms with E-state index in [0.717, 1.165) is 29.3 Å². The number of sulfonamides is 1. The van der Waals surface area contributed by atoms with Gasteiger partial charge in [0.1, 0.15) is 0 Å². The second-order valence-corrected chi connectivity index (χ2v) is 9.02. The van der Waals surface area contributed by atoms with Gasteiger partial charge in [0.25, 0.3) is 5.91 Å². The number of amides is 1. The molecule has 1 saturated heterocycles. The number of carbonyl (C=O) groups excluding carboxylic acids is 1. The highest BCUT2D eigenvalue weighted by Crippen LogP contribution is 2.24. The number of nitrogens with zero attached hydrogens (tertiary/aromatic N) is 1. The Kier molecular flexibility index (Phi) is 5.09. The van der Waals surface area contributed by atoms with Gasteiger partial charge in [0.05, 0.1) is 11.4 Å². The molecular weight excluding hydrogens is 374 g/mol. The van der Waals surface area contributed by atoms with Crippen molar-refractivity contribution in [1.29, 1.82) is 0 Å². The van der Waals surface area contributed by atoms with E-state index in [1.54, 1.807) is 24.3 Å². The zero-order chi connectivity index (χ0) is 19.6. The normalized spacial score (nSPS) is 16.2. The molecule has 0 spiro atoms. The van der Waals surface area contributed by atoms with Crippen LogP contribution in [0.5, 0.6) is 0 Å². The van der Waals surface area contributed by atoms with Crippen LogP contribution >= 0.6 is 0 Å². The number of fused-ring (bicyclic) bond motifs is 1. The Hall–Kier alpha value is -2.80. The van der Waals surface area contributed by atoms with Crippen LogP contribution in [-0.4, -0.2) is 38.2 Å². The van der Waals surface area contributed by atoms with E-state index in [1.165, 1.54) is 4.31 Å². The Morgan fingerprint density at radius 1 is 1.11 bits per heavy atom. The molecule has 2 heterocycles. The molecule has 6 nitrogen and oxygen atoms in total. The van der Waals surface area contributed by atoms with Crippen LogP contribution < -0.4 is 9.62 Å². The predicted molar refractivity (Wildman–Crippen MR) is 111 cm³/mol. The van der Waals surface area contributed by atoms with Gasteiger partial charge in [-0.1, -0.05) is 24.3 Å². The van der Waals surface area contributed by atoms with Gasteiger partial charge in [-0.3, -0.25) is 9.10 Å². The maximum absolute atomic E-state index is 12.5. The Labute approximate surface area is 164 Å². The van der Waals surface area contributed by atoms with Crippen molar-refractivity contribution in [3.8, 4) is 0 Å². The molecule has 0 bridgehead atoms. The maximum atomic E-state index is 12.5. The molecule has 1 amide bonds. The lowest BCUT2D eigenvalue weighted by Crippen LogP contribution is -2.38. The molecule has 1 aliphatic heterocycles. The fraction of sp³-hybridized carbons (Fsp3) is 0.286. The van der Waals surface area contributed by atoms with Crippen molar-refractivity contribution in [2.75, 3.05) is 23.1 Å². The summed E-state index contributed by atoms with van der Waals surface area (Å²) in [5, 5.41) is 4.09. The van der Waals surface area contributed by atoms with Crippen LogP contribution in [0.1, 0.15) is 28.8 Å². The van der Waals surface area contributed by atoms with Crippen molar-refractivity contribution in [1.82, 2.24) is 10.3 Å². The minimum atomic E-state index is -3.29. The van der Waals surface area contributed by atoms with Crippen molar-refractivity contribution >= 4 is 32.5 Å². The van der Waals surface area contributed by atoms with E-state index in [-0.39, 0.29) is 11.7 Å². The third-order valence-electron chi connectivity index (χ3n) is 5.10. The first kappa shape index (κ1) is 18.6. The second kappa shape index (κ2) is 7.67. The molecule has 0 aliphatic carbocycles. The van der Waals surface area contributed by atoms with Crippen molar-refractivity contribution in [3.63, 3.8) is 0 Å². The van der Waals surface area contributed by atoms with Gasteiger partial charge in [-0.15, -0.1) is 0 Å². The summed E-state index contributed by atoms with van der Waals surface area (Å²) in [7, 11) is -3.29. The lowest BCUT2D eigenvalue weighted by Gasteiger charge is -2.28. The molecule has 28 heavy (non-hydrogen) atoms. The number of para-hydroxylation sites is 1. The average molecular weight is 398 g/mol. The molecule has 0 saturated carbocycles. The Bertz CT molecular complexity index is 1100. The van der Waals surface area contributed by atoms with Crippen LogP contribution in [0.4, 0.5) is 5.69 Å². The zero-order valence-corrected chi connectivity index (χ0v) is 16.3. The van der Waals surface area contributed by atoms with Gasteiger partial charge in [0, 0.05) is 35.8 Å². The van der Waals surface area contributed by atoms with Gasteiger partial charge in [-0.2, -0.15) is 0 Å². The Balaban J connectivity index is 1.42. The van der Waals surface area contributed by atoms with Crippen LogP contribution in [0.15, 0.2) is 54.7 Å². The van der Waals surface area contributed by atoms with E-state index in [0.29, 0.717) is 30.8 Å². The van der Waals surface area contributed by atoms with Gasteiger partial charge in [-0.05, 0) is 49.1 Å². The van der Waals surface area contributed by atoms with Crippen LogP contribution in [-0.2, 0) is 16.4 Å². The number of hydrogen-bond donors (Lipinski definition) is 2. The Morgan fingerprint density at radius 2 is 1.96 bits per heavy atom. The predicted octanol–water partition coefficient (Wildman–Crippen LogP) is 3.07. The second-order valence-electron chi connectivity index (χ2n) is 7.01. The van der Waals surface area contributed by atoms with Gasteiger partial charge >= 0.3 is 0 Å². The number of rotatable bonds is 5. The molecule has 2 aromatic carbocycles. The first-order chi connectivity index (χ1) is 13.5. The molecule has 0 unspecified atom stereocenters. The van der Waals surface area contributed by atoms with E-state index in [2.05, 4.69) is 16.4 Å². The van der Waals surface area contributed by atoms with Crippen LogP contribution in [0.25, 0.3) is 10.9 Å². The topological polar surface area (TPSA) is 82.3 Å². The van der Waals surface area contributed by atoms with E-state index >= 15 is 0 Å². The highest BCUT2D eigenvalue weighted by molar-refractivity contribution is 7.92. The number of carbonyl (C=O) groups is 1. The third kappa shape index (κ3) is 3.75. The fourth-order valence-electron chi connectivity index (χ4n) is 3.63. The monoisotopic (exact) mass is 397 g/mol. The van der Waals surface area contributed by atoms with Crippen LogP contribution in [0, 0.1) is 0 Å². The van der Waals surface area contributed by atoms with Crippen molar-refractivity contribution < 1.29 is 13.2 Å². The summed E-state index contributed by atoms with van der Waals surface area (Å²) in [5.74, 6) is -0.0373. The number of aromatic nitrogens is 1. The number of hydrogen-bond acceptors (Lipinski definition) is 3. The van der Waals surface area contributed by atoms with Gasteiger partial charge in [0.2, 0.25) is 10.0 Å². The molecule has 3 aromatic rings. The first-order valence-corrected chi connectivity index (χ1v) is 11.1. The highest BCUT2D eigenvalue weighted by Gasteiger charge is 2.26. The van der Waals surface area contributed by atoms with E-state index in [1.807, 2.05) is 24.4 Å². The summed E-state index contributed by atoms with van der Waals surface area (Å²) in [6.45, 7) is 0.973. The van der Waals surface area contributed by atoms with Crippen LogP contribution in [0.2, 0.25) is 0 Å². The SMILES string of the molecule is O=C(NCCc1c[nH]c2ccccc12)c1cccc(N2CCCCS2(=O)=O)c1. The molecule has 1 aliphatic rings. The Morgan fingerprint density at radius 3 is 2.82 bits per heavy atom. The third-order valence-corrected chi connectivity index (χ3v) is 6.97. The molecule has 0 radical (unpaired) electrons. The molecule has 4 rings (SSSR count). The molecular formula is C21H23N3O3S. The number of H-pyrrole nitrogens is 1. The molecule has 1 aromatic heterocycles.